The van der Waals surface area contributed by atoms with Crippen LogP contribution in [0.15, 0.2) is 41.8 Å². The van der Waals surface area contributed by atoms with Gasteiger partial charge in [-0.3, -0.25) is 0 Å². The summed E-state index contributed by atoms with van der Waals surface area (Å²) < 4.78 is 0. The van der Waals surface area contributed by atoms with Crippen molar-refractivity contribution in [3.63, 3.8) is 0 Å². The number of hydrogen-bond acceptors (Lipinski definition) is 1. The molecule has 1 fully saturated rings. The van der Waals surface area contributed by atoms with Crippen LogP contribution in [0.1, 0.15) is 25.1 Å². The van der Waals surface area contributed by atoms with Crippen LogP contribution in [0.25, 0.3) is 11.1 Å². The van der Waals surface area contributed by atoms with Crippen molar-refractivity contribution >= 4 is 22.9 Å². The minimum Gasteiger partial charge on any atom is -0.146 e. The molecular formula is C15H15ClS. The predicted molar refractivity (Wildman–Crippen MR) is 75.7 cm³/mol. The smallest absolute Gasteiger partial charge is 0.0850 e. The maximum Gasteiger partial charge on any atom is 0.0850 e. The summed E-state index contributed by atoms with van der Waals surface area (Å²) >= 11 is 8.55. The summed E-state index contributed by atoms with van der Waals surface area (Å²) in [6, 6.07) is 12.7. The third-order valence-electron chi connectivity index (χ3n) is 3.74. The minimum atomic E-state index is -0.146. The second-order valence-electron chi connectivity index (χ2n) is 5.39. The molecule has 0 N–H and O–H groups in total. The highest BCUT2D eigenvalue weighted by molar-refractivity contribution is 7.11. The Bertz CT molecular complexity index is 541. The van der Waals surface area contributed by atoms with Crippen LogP contribution in [-0.4, -0.2) is 0 Å². The molecule has 1 saturated carbocycles. The SMILES string of the molecule is CC1(C)CC1(Cl)c1sccc1-c1ccccc1. The zero-order chi connectivity index (χ0) is 12.1. The second-order valence-corrected chi connectivity index (χ2v) is 6.95. The van der Waals surface area contributed by atoms with E-state index < -0.39 is 0 Å². The average Bonchev–Trinajstić information content (AvgIpc) is 2.72. The first-order chi connectivity index (χ1) is 8.05. The van der Waals surface area contributed by atoms with E-state index in [0.717, 1.165) is 6.42 Å². The fourth-order valence-corrected chi connectivity index (χ4v) is 4.17. The van der Waals surface area contributed by atoms with Crippen molar-refractivity contribution in [2.24, 2.45) is 5.41 Å². The molecule has 0 radical (unpaired) electrons. The van der Waals surface area contributed by atoms with Gasteiger partial charge in [-0.25, -0.2) is 0 Å². The Morgan fingerprint density at radius 2 is 1.76 bits per heavy atom. The number of halogens is 1. The van der Waals surface area contributed by atoms with Gasteiger partial charge in [0.25, 0.3) is 0 Å². The molecule has 0 amide bonds. The summed E-state index contributed by atoms with van der Waals surface area (Å²) in [5.74, 6) is 0. The van der Waals surface area contributed by atoms with Gasteiger partial charge in [0, 0.05) is 4.88 Å². The lowest BCUT2D eigenvalue weighted by molar-refractivity contribution is 0.600. The Kier molecular flexibility index (Phi) is 2.39. The molecule has 1 aromatic heterocycles. The van der Waals surface area contributed by atoms with Crippen LogP contribution in [0.2, 0.25) is 0 Å². The average molecular weight is 263 g/mol. The van der Waals surface area contributed by atoms with Gasteiger partial charge in [0.05, 0.1) is 4.87 Å². The molecule has 1 unspecified atom stereocenters. The van der Waals surface area contributed by atoms with Crippen molar-refractivity contribution in [2.45, 2.75) is 25.1 Å². The third-order valence-corrected chi connectivity index (χ3v) is 5.77. The summed E-state index contributed by atoms with van der Waals surface area (Å²) in [5.41, 5.74) is 2.80. The first kappa shape index (κ1) is 11.3. The molecule has 17 heavy (non-hydrogen) atoms. The van der Waals surface area contributed by atoms with Crippen LogP contribution in [0.3, 0.4) is 0 Å². The normalized spacial score (nSPS) is 25.8. The number of benzene rings is 1. The molecule has 0 nitrogen and oxygen atoms in total. The number of hydrogen-bond donors (Lipinski definition) is 0. The molecule has 2 aromatic rings. The third kappa shape index (κ3) is 1.64. The van der Waals surface area contributed by atoms with Gasteiger partial charge < -0.3 is 0 Å². The molecule has 0 bridgehead atoms. The lowest BCUT2D eigenvalue weighted by atomic mass is 10.0. The van der Waals surface area contributed by atoms with Crippen LogP contribution >= 0.6 is 22.9 Å². The molecule has 1 atom stereocenters. The van der Waals surface area contributed by atoms with Crippen LogP contribution < -0.4 is 0 Å². The Morgan fingerprint density at radius 3 is 2.35 bits per heavy atom. The molecule has 1 aromatic carbocycles. The summed E-state index contributed by atoms with van der Waals surface area (Å²) in [5, 5.41) is 2.15. The Balaban J connectivity index is 2.08. The molecule has 1 aliphatic rings. The van der Waals surface area contributed by atoms with Crippen LogP contribution in [0, 0.1) is 5.41 Å². The van der Waals surface area contributed by atoms with Crippen LogP contribution in [0.5, 0.6) is 0 Å². The highest BCUT2D eigenvalue weighted by Gasteiger charge is 2.62. The van der Waals surface area contributed by atoms with Crippen molar-refractivity contribution in [1.82, 2.24) is 0 Å². The fourth-order valence-electron chi connectivity index (χ4n) is 2.41. The van der Waals surface area contributed by atoms with Crippen molar-refractivity contribution in [1.29, 1.82) is 0 Å². The topological polar surface area (TPSA) is 0 Å². The highest BCUT2D eigenvalue weighted by Crippen LogP contribution is 2.69. The largest absolute Gasteiger partial charge is 0.146 e. The molecule has 2 heteroatoms. The van der Waals surface area contributed by atoms with Gasteiger partial charge in [-0.15, -0.1) is 22.9 Å². The maximum atomic E-state index is 6.77. The van der Waals surface area contributed by atoms with Crippen molar-refractivity contribution in [3.8, 4) is 11.1 Å². The summed E-state index contributed by atoms with van der Waals surface area (Å²) in [6.07, 6.45) is 1.07. The van der Waals surface area contributed by atoms with E-state index in [9.17, 15) is 0 Å². The Hall–Kier alpha value is -0.790. The van der Waals surface area contributed by atoms with Crippen molar-refractivity contribution < 1.29 is 0 Å². The van der Waals surface area contributed by atoms with Gasteiger partial charge in [0.2, 0.25) is 0 Å². The van der Waals surface area contributed by atoms with E-state index in [2.05, 4.69) is 49.6 Å². The number of alkyl halides is 1. The van der Waals surface area contributed by atoms with Crippen LogP contribution in [0.4, 0.5) is 0 Å². The van der Waals surface area contributed by atoms with E-state index in [1.807, 2.05) is 6.07 Å². The molecule has 3 rings (SSSR count). The van der Waals surface area contributed by atoms with Crippen molar-refractivity contribution in [2.75, 3.05) is 0 Å². The molecule has 1 aliphatic carbocycles. The first-order valence-electron chi connectivity index (χ1n) is 5.87. The Morgan fingerprint density at radius 1 is 1.12 bits per heavy atom. The van der Waals surface area contributed by atoms with E-state index in [-0.39, 0.29) is 10.3 Å². The van der Waals surface area contributed by atoms with E-state index in [0.29, 0.717) is 0 Å². The van der Waals surface area contributed by atoms with Gasteiger partial charge in [-0.2, -0.15) is 0 Å². The monoisotopic (exact) mass is 262 g/mol. The molecule has 0 saturated heterocycles. The zero-order valence-electron chi connectivity index (χ0n) is 10.0. The standard InChI is InChI=1S/C15H15ClS/c1-14(2)10-15(14,16)13-12(8-9-17-13)11-6-4-3-5-7-11/h3-9H,10H2,1-2H3. The van der Waals surface area contributed by atoms with E-state index >= 15 is 0 Å². The first-order valence-corrected chi connectivity index (χ1v) is 7.13. The van der Waals surface area contributed by atoms with Gasteiger partial charge in [-0.1, -0.05) is 44.2 Å². The van der Waals surface area contributed by atoms with Gasteiger partial charge >= 0.3 is 0 Å². The minimum absolute atomic E-state index is 0.146. The molecule has 1 heterocycles. The predicted octanol–water partition coefficient (Wildman–Crippen LogP) is 5.28. The van der Waals surface area contributed by atoms with Gasteiger partial charge in [0.15, 0.2) is 0 Å². The summed E-state index contributed by atoms with van der Waals surface area (Å²) in [6.45, 7) is 4.49. The van der Waals surface area contributed by atoms with Crippen LogP contribution in [-0.2, 0) is 4.87 Å². The fraction of sp³-hybridized carbons (Fsp3) is 0.333. The number of rotatable bonds is 2. The molecule has 88 valence electrons. The van der Waals surface area contributed by atoms with Gasteiger partial charge in [0.1, 0.15) is 0 Å². The number of thiophene rings is 1. The molecule has 0 aliphatic heterocycles. The summed E-state index contributed by atoms with van der Waals surface area (Å²) in [4.78, 5) is 1.18. The highest BCUT2D eigenvalue weighted by atomic mass is 35.5. The quantitative estimate of drug-likeness (QED) is 0.646. The Labute approximate surface area is 111 Å². The molecule has 0 spiro atoms. The zero-order valence-corrected chi connectivity index (χ0v) is 11.6. The van der Waals surface area contributed by atoms with E-state index in [1.54, 1.807) is 11.3 Å². The van der Waals surface area contributed by atoms with E-state index in [4.69, 9.17) is 11.6 Å². The second kappa shape index (κ2) is 3.60. The summed E-state index contributed by atoms with van der Waals surface area (Å²) in [7, 11) is 0. The van der Waals surface area contributed by atoms with Crippen molar-refractivity contribution in [3.05, 3.63) is 46.7 Å². The van der Waals surface area contributed by atoms with Gasteiger partial charge in [-0.05, 0) is 34.4 Å². The maximum absolute atomic E-state index is 6.77. The van der Waals surface area contributed by atoms with E-state index in [1.165, 1.54) is 16.0 Å². The molecular weight excluding hydrogens is 248 g/mol. The lowest BCUT2D eigenvalue weighted by Crippen LogP contribution is -2.05. The lowest BCUT2D eigenvalue weighted by Gasteiger charge is -2.13.